The number of benzene rings is 1. The van der Waals surface area contributed by atoms with E-state index >= 15 is 0 Å². The van der Waals surface area contributed by atoms with Crippen molar-refractivity contribution in [2.45, 2.75) is 97.3 Å². The van der Waals surface area contributed by atoms with E-state index in [0.717, 1.165) is 25.7 Å². The van der Waals surface area contributed by atoms with Crippen molar-refractivity contribution in [3.05, 3.63) is 40.2 Å². The zero-order valence-corrected chi connectivity index (χ0v) is 18.2. The zero-order chi connectivity index (χ0) is 20.9. The van der Waals surface area contributed by atoms with Crippen LogP contribution in [0.2, 0.25) is 0 Å². The maximum Gasteiger partial charge on any atom is 0.346 e. The van der Waals surface area contributed by atoms with E-state index in [4.69, 9.17) is 9.15 Å². The van der Waals surface area contributed by atoms with Gasteiger partial charge in [-0.3, -0.25) is 0 Å². The Kier molecular flexibility index (Phi) is 10.8. The van der Waals surface area contributed by atoms with Gasteiger partial charge in [0.1, 0.15) is 11.1 Å². The highest BCUT2D eigenvalue weighted by molar-refractivity contribution is 5.83. The van der Waals surface area contributed by atoms with Crippen LogP contribution < -0.4 is 10.4 Å². The van der Waals surface area contributed by atoms with Crippen LogP contribution in [0.4, 0.5) is 4.39 Å². The lowest BCUT2D eigenvalue weighted by molar-refractivity contribution is 0.291. The van der Waals surface area contributed by atoms with E-state index in [9.17, 15) is 9.18 Å². The van der Waals surface area contributed by atoms with Crippen LogP contribution in [0.15, 0.2) is 27.4 Å². The minimum atomic E-state index is -0.607. The smallest absolute Gasteiger partial charge is 0.346 e. The maximum absolute atomic E-state index is 14.8. The molecule has 0 atom stereocenters. The zero-order valence-electron chi connectivity index (χ0n) is 18.2. The Balaban J connectivity index is 1.89. The number of rotatable bonds is 15. The second kappa shape index (κ2) is 13.4. The van der Waals surface area contributed by atoms with Crippen molar-refractivity contribution in [3.63, 3.8) is 0 Å². The highest BCUT2D eigenvalue weighted by atomic mass is 19.1. The van der Waals surface area contributed by atoms with Crippen LogP contribution in [0, 0.1) is 5.82 Å². The Labute approximate surface area is 174 Å². The number of halogens is 1. The molecule has 0 aliphatic carbocycles. The van der Waals surface area contributed by atoms with E-state index < -0.39 is 11.4 Å². The predicted octanol–water partition coefficient (Wildman–Crippen LogP) is 7.57. The number of aryl methyl sites for hydroxylation is 1. The quantitative estimate of drug-likeness (QED) is 0.287. The van der Waals surface area contributed by atoms with Crippen LogP contribution in [-0.2, 0) is 6.42 Å². The standard InChI is InChI=1S/C25H37FO3/c1-3-5-7-9-10-12-14-18-28-22-17-16-20-19-21(15-13-11-8-6-4-2)29-25(27)23(20)24(22)26/h16-17,19H,3-15,18H2,1-2H3. The third-order valence-corrected chi connectivity index (χ3v) is 5.42. The summed E-state index contributed by atoms with van der Waals surface area (Å²) in [5, 5.41) is 0.586. The van der Waals surface area contributed by atoms with E-state index in [1.807, 2.05) is 0 Å². The van der Waals surface area contributed by atoms with Crippen molar-refractivity contribution in [3.8, 4) is 5.75 Å². The predicted molar refractivity (Wildman–Crippen MR) is 118 cm³/mol. The molecule has 0 N–H and O–H groups in total. The molecule has 4 heteroatoms. The molecule has 3 nitrogen and oxygen atoms in total. The summed E-state index contributed by atoms with van der Waals surface area (Å²) in [4.78, 5) is 12.3. The van der Waals surface area contributed by atoms with Crippen LogP contribution in [-0.4, -0.2) is 6.61 Å². The van der Waals surface area contributed by atoms with Crippen molar-refractivity contribution in [1.29, 1.82) is 0 Å². The van der Waals surface area contributed by atoms with Gasteiger partial charge >= 0.3 is 5.63 Å². The van der Waals surface area contributed by atoms with Crippen molar-refractivity contribution < 1.29 is 13.5 Å². The summed E-state index contributed by atoms with van der Waals surface area (Å²) in [7, 11) is 0. The van der Waals surface area contributed by atoms with E-state index in [0.29, 0.717) is 24.2 Å². The monoisotopic (exact) mass is 404 g/mol. The molecule has 2 aromatic rings. The Morgan fingerprint density at radius 2 is 1.48 bits per heavy atom. The second-order valence-electron chi connectivity index (χ2n) is 7.98. The average molecular weight is 405 g/mol. The molecule has 0 spiro atoms. The first-order valence-electron chi connectivity index (χ1n) is 11.5. The topological polar surface area (TPSA) is 39.4 Å². The van der Waals surface area contributed by atoms with Gasteiger partial charge in [0.05, 0.1) is 6.61 Å². The Bertz CT molecular complexity index is 781. The Morgan fingerprint density at radius 1 is 0.862 bits per heavy atom. The normalized spacial score (nSPS) is 11.3. The van der Waals surface area contributed by atoms with Crippen molar-refractivity contribution in [1.82, 2.24) is 0 Å². The fraction of sp³-hybridized carbons (Fsp3) is 0.640. The number of ether oxygens (including phenoxy) is 1. The summed E-state index contributed by atoms with van der Waals surface area (Å²) in [5.74, 6) is 0.173. The van der Waals surface area contributed by atoms with E-state index in [2.05, 4.69) is 13.8 Å². The Morgan fingerprint density at radius 3 is 2.17 bits per heavy atom. The fourth-order valence-corrected chi connectivity index (χ4v) is 3.65. The van der Waals surface area contributed by atoms with Gasteiger partial charge in [-0.1, -0.05) is 84.1 Å². The largest absolute Gasteiger partial charge is 0.490 e. The van der Waals surface area contributed by atoms with Crippen molar-refractivity contribution in [2.75, 3.05) is 6.61 Å². The molecule has 0 saturated carbocycles. The number of fused-ring (bicyclic) bond motifs is 1. The van der Waals surface area contributed by atoms with Gasteiger partial charge in [0.25, 0.3) is 0 Å². The molecule has 29 heavy (non-hydrogen) atoms. The molecule has 0 aliphatic rings. The first kappa shape index (κ1) is 23.4. The van der Waals surface area contributed by atoms with Gasteiger partial charge in [0.2, 0.25) is 0 Å². The van der Waals surface area contributed by atoms with Gasteiger partial charge in [-0.15, -0.1) is 0 Å². The first-order chi connectivity index (χ1) is 14.2. The van der Waals surface area contributed by atoms with Gasteiger partial charge < -0.3 is 9.15 Å². The molecule has 0 fully saturated rings. The maximum atomic E-state index is 14.8. The molecule has 0 bridgehead atoms. The summed E-state index contributed by atoms with van der Waals surface area (Å²) in [6, 6.07) is 5.18. The Hall–Kier alpha value is -1.84. The summed E-state index contributed by atoms with van der Waals surface area (Å²) in [5.41, 5.74) is -0.607. The van der Waals surface area contributed by atoms with Crippen molar-refractivity contribution in [2.24, 2.45) is 0 Å². The number of hydrogen-bond donors (Lipinski definition) is 0. The third-order valence-electron chi connectivity index (χ3n) is 5.42. The van der Waals surface area contributed by atoms with Gasteiger partial charge in [0.15, 0.2) is 11.6 Å². The number of hydrogen-bond acceptors (Lipinski definition) is 3. The highest BCUT2D eigenvalue weighted by Gasteiger charge is 2.14. The highest BCUT2D eigenvalue weighted by Crippen LogP contribution is 2.25. The first-order valence-corrected chi connectivity index (χ1v) is 11.5. The fourth-order valence-electron chi connectivity index (χ4n) is 3.65. The van der Waals surface area contributed by atoms with Gasteiger partial charge in [-0.2, -0.15) is 0 Å². The molecule has 162 valence electrons. The average Bonchev–Trinajstić information content (AvgIpc) is 2.71. The molecule has 1 heterocycles. The molecule has 0 radical (unpaired) electrons. The van der Waals surface area contributed by atoms with Crippen LogP contribution in [0.25, 0.3) is 10.8 Å². The summed E-state index contributed by atoms with van der Waals surface area (Å²) < 4.78 is 25.8. The second-order valence-corrected chi connectivity index (χ2v) is 7.98. The molecular weight excluding hydrogens is 367 g/mol. The van der Waals surface area contributed by atoms with Crippen LogP contribution >= 0.6 is 0 Å². The van der Waals surface area contributed by atoms with Crippen molar-refractivity contribution >= 4 is 10.8 Å². The molecular formula is C25H37FO3. The van der Waals surface area contributed by atoms with E-state index in [1.165, 1.54) is 51.4 Å². The lowest BCUT2D eigenvalue weighted by Gasteiger charge is -2.09. The molecule has 0 saturated heterocycles. The molecule has 1 aromatic heterocycles. The molecule has 1 aromatic carbocycles. The molecule has 0 amide bonds. The van der Waals surface area contributed by atoms with Gasteiger partial charge in [-0.05, 0) is 30.4 Å². The molecule has 2 rings (SSSR count). The van der Waals surface area contributed by atoms with E-state index in [-0.39, 0.29) is 11.1 Å². The molecule has 0 unspecified atom stereocenters. The lowest BCUT2D eigenvalue weighted by Crippen LogP contribution is -2.07. The SMILES string of the molecule is CCCCCCCCCOc1ccc2cc(CCCCCCC)oc(=O)c2c1F. The third kappa shape index (κ3) is 7.83. The number of unbranched alkanes of at least 4 members (excludes halogenated alkanes) is 10. The molecule has 0 aliphatic heterocycles. The minimum Gasteiger partial charge on any atom is -0.490 e. The minimum absolute atomic E-state index is 0.00296. The summed E-state index contributed by atoms with van der Waals surface area (Å²) in [6.07, 6.45) is 14.7. The van der Waals surface area contributed by atoms with Gasteiger partial charge in [-0.25, -0.2) is 9.18 Å². The summed E-state index contributed by atoms with van der Waals surface area (Å²) in [6.45, 7) is 4.86. The van der Waals surface area contributed by atoms with E-state index in [1.54, 1.807) is 18.2 Å². The summed E-state index contributed by atoms with van der Waals surface area (Å²) >= 11 is 0. The lowest BCUT2D eigenvalue weighted by atomic mass is 10.1. The van der Waals surface area contributed by atoms with Crippen LogP contribution in [0.1, 0.15) is 96.7 Å². The van der Waals surface area contributed by atoms with Crippen LogP contribution in [0.3, 0.4) is 0 Å². The van der Waals surface area contributed by atoms with Crippen LogP contribution in [0.5, 0.6) is 5.75 Å². The van der Waals surface area contributed by atoms with Gasteiger partial charge in [0, 0.05) is 6.42 Å².